The van der Waals surface area contributed by atoms with E-state index in [9.17, 15) is 9.59 Å². The fourth-order valence-electron chi connectivity index (χ4n) is 3.23. The van der Waals surface area contributed by atoms with Crippen molar-refractivity contribution in [3.63, 3.8) is 0 Å². The van der Waals surface area contributed by atoms with Gasteiger partial charge in [-0.2, -0.15) is 0 Å². The molecule has 1 unspecified atom stereocenters. The van der Waals surface area contributed by atoms with Crippen LogP contribution < -0.4 is 10.2 Å². The normalized spacial score (nSPS) is 22.0. The third kappa shape index (κ3) is 4.13. The lowest BCUT2D eigenvalue weighted by atomic mass is 10.1. The van der Waals surface area contributed by atoms with Crippen LogP contribution in [-0.4, -0.2) is 62.7 Å². The van der Waals surface area contributed by atoms with Gasteiger partial charge in [-0.15, -0.1) is 0 Å². The van der Waals surface area contributed by atoms with Gasteiger partial charge in [-0.25, -0.2) is 0 Å². The minimum absolute atomic E-state index is 0.0215. The van der Waals surface area contributed by atoms with E-state index >= 15 is 0 Å². The van der Waals surface area contributed by atoms with Crippen LogP contribution in [0.2, 0.25) is 0 Å². The molecule has 2 fully saturated rings. The van der Waals surface area contributed by atoms with Crippen LogP contribution in [0.15, 0.2) is 24.3 Å². The second-order valence-electron chi connectivity index (χ2n) is 6.49. The quantitative estimate of drug-likeness (QED) is 0.867. The average Bonchev–Trinajstić information content (AvgIpc) is 2.98. The van der Waals surface area contributed by atoms with Gasteiger partial charge in [-0.1, -0.05) is 12.1 Å². The molecule has 1 aromatic rings. The number of hydrogen-bond donors (Lipinski definition) is 1. The minimum atomic E-state index is -0.261. The zero-order valence-corrected chi connectivity index (χ0v) is 14.2. The number of hydrogen-bond acceptors (Lipinski definition) is 4. The zero-order valence-electron chi connectivity index (χ0n) is 14.2. The van der Waals surface area contributed by atoms with Crippen molar-refractivity contribution in [3.8, 4) is 0 Å². The maximum atomic E-state index is 12.3. The predicted molar refractivity (Wildman–Crippen MR) is 91.9 cm³/mol. The molecule has 2 aliphatic rings. The number of anilines is 1. The van der Waals surface area contributed by atoms with Gasteiger partial charge in [0.25, 0.3) is 0 Å². The predicted octanol–water partition coefficient (Wildman–Crippen LogP) is 0.796. The Bertz CT molecular complexity index is 599. The van der Waals surface area contributed by atoms with Gasteiger partial charge >= 0.3 is 0 Å². The lowest BCUT2D eigenvalue weighted by Crippen LogP contribution is -2.42. The fraction of sp³-hybridized carbons (Fsp3) is 0.556. The van der Waals surface area contributed by atoms with Gasteiger partial charge in [-0.3, -0.25) is 14.5 Å². The molecule has 0 radical (unpaired) electrons. The highest BCUT2D eigenvalue weighted by Crippen LogP contribution is 2.25. The van der Waals surface area contributed by atoms with Crippen molar-refractivity contribution in [2.24, 2.45) is 5.92 Å². The molecule has 0 aliphatic carbocycles. The molecular formula is C18H25N3O3. The van der Waals surface area contributed by atoms with E-state index in [1.54, 1.807) is 4.90 Å². The lowest BCUT2D eigenvalue weighted by Gasteiger charge is -2.26. The number of nitrogens with zero attached hydrogens (tertiary/aromatic N) is 2. The van der Waals surface area contributed by atoms with Crippen molar-refractivity contribution in [2.75, 3.05) is 50.8 Å². The van der Waals surface area contributed by atoms with E-state index in [-0.39, 0.29) is 24.2 Å². The monoisotopic (exact) mass is 331 g/mol. The average molecular weight is 331 g/mol. The Morgan fingerprint density at radius 3 is 2.88 bits per heavy atom. The third-order valence-electron chi connectivity index (χ3n) is 4.64. The molecule has 0 spiro atoms. The van der Waals surface area contributed by atoms with Gasteiger partial charge in [0.1, 0.15) is 0 Å². The Hall–Kier alpha value is -1.92. The van der Waals surface area contributed by atoms with Crippen molar-refractivity contribution >= 4 is 17.5 Å². The SMILES string of the molecule is Cc1cccc(N2CC(C(=O)NCCN3CCOCC3)CC2=O)c1. The van der Waals surface area contributed by atoms with Crippen LogP contribution >= 0.6 is 0 Å². The minimum Gasteiger partial charge on any atom is -0.379 e. The van der Waals surface area contributed by atoms with Crippen molar-refractivity contribution in [2.45, 2.75) is 13.3 Å². The fourth-order valence-corrected chi connectivity index (χ4v) is 3.23. The molecule has 0 aromatic heterocycles. The highest BCUT2D eigenvalue weighted by molar-refractivity contribution is 6.00. The van der Waals surface area contributed by atoms with Gasteiger partial charge in [0.2, 0.25) is 11.8 Å². The highest BCUT2D eigenvalue weighted by Gasteiger charge is 2.35. The largest absolute Gasteiger partial charge is 0.379 e. The molecule has 2 amide bonds. The van der Waals surface area contributed by atoms with Gasteiger partial charge in [0, 0.05) is 44.8 Å². The van der Waals surface area contributed by atoms with Crippen LogP contribution in [0.3, 0.4) is 0 Å². The number of carbonyl (C=O) groups excluding carboxylic acids is 2. The van der Waals surface area contributed by atoms with Crippen molar-refractivity contribution in [3.05, 3.63) is 29.8 Å². The molecule has 0 bridgehead atoms. The molecule has 6 heteroatoms. The van der Waals surface area contributed by atoms with E-state index in [1.165, 1.54) is 0 Å². The topological polar surface area (TPSA) is 61.9 Å². The van der Waals surface area contributed by atoms with E-state index in [4.69, 9.17) is 4.74 Å². The summed E-state index contributed by atoms with van der Waals surface area (Å²) >= 11 is 0. The van der Waals surface area contributed by atoms with Crippen LogP contribution in [0.1, 0.15) is 12.0 Å². The summed E-state index contributed by atoms with van der Waals surface area (Å²) in [6.07, 6.45) is 0.289. The Balaban J connectivity index is 1.48. The molecule has 0 saturated carbocycles. The van der Waals surface area contributed by atoms with Crippen molar-refractivity contribution in [1.29, 1.82) is 0 Å². The first-order valence-corrected chi connectivity index (χ1v) is 8.58. The molecule has 130 valence electrons. The number of rotatable bonds is 5. The van der Waals surface area contributed by atoms with Crippen LogP contribution in [0.4, 0.5) is 5.69 Å². The summed E-state index contributed by atoms with van der Waals surface area (Å²) in [4.78, 5) is 28.6. The summed E-state index contributed by atoms with van der Waals surface area (Å²) in [7, 11) is 0. The smallest absolute Gasteiger partial charge is 0.227 e. The summed E-state index contributed by atoms with van der Waals surface area (Å²) in [6, 6.07) is 7.84. The number of benzene rings is 1. The van der Waals surface area contributed by atoms with Gasteiger partial charge in [0.05, 0.1) is 19.1 Å². The molecule has 3 rings (SSSR count). The van der Waals surface area contributed by atoms with Crippen molar-refractivity contribution < 1.29 is 14.3 Å². The first kappa shape index (κ1) is 16.9. The number of ether oxygens (including phenoxy) is 1. The second-order valence-corrected chi connectivity index (χ2v) is 6.49. The van der Waals surface area contributed by atoms with E-state index in [0.717, 1.165) is 44.1 Å². The number of amides is 2. The summed E-state index contributed by atoms with van der Waals surface area (Å²) < 4.78 is 5.31. The van der Waals surface area contributed by atoms with Crippen LogP contribution in [0.5, 0.6) is 0 Å². The number of carbonyl (C=O) groups is 2. The van der Waals surface area contributed by atoms with Gasteiger partial charge in [0.15, 0.2) is 0 Å². The Morgan fingerprint density at radius 1 is 1.33 bits per heavy atom. The van der Waals surface area contributed by atoms with Crippen molar-refractivity contribution in [1.82, 2.24) is 10.2 Å². The first-order valence-electron chi connectivity index (χ1n) is 8.58. The van der Waals surface area contributed by atoms with E-state index in [2.05, 4.69) is 10.2 Å². The number of aryl methyl sites for hydroxylation is 1. The molecule has 6 nitrogen and oxygen atoms in total. The summed E-state index contributed by atoms with van der Waals surface area (Å²) in [5.41, 5.74) is 1.99. The third-order valence-corrected chi connectivity index (χ3v) is 4.64. The lowest BCUT2D eigenvalue weighted by molar-refractivity contribution is -0.126. The summed E-state index contributed by atoms with van der Waals surface area (Å²) in [5.74, 6) is -0.261. The van der Waals surface area contributed by atoms with Crippen LogP contribution in [0, 0.1) is 12.8 Å². The number of morpholine rings is 1. The molecule has 1 aromatic carbocycles. The highest BCUT2D eigenvalue weighted by atomic mass is 16.5. The van der Waals surface area contributed by atoms with Gasteiger partial charge in [-0.05, 0) is 24.6 Å². The second kappa shape index (κ2) is 7.77. The maximum absolute atomic E-state index is 12.3. The summed E-state index contributed by atoms with van der Waals surface area (Å²) in [6.45, 7) is 7.27. The Kier molecular flexibility index (Phi) is 5.48. The first-order chi connectivity index (χ1) is 11.6. The standard InChI is InChI=1S/C18H25N3O3/c1-14-3-2-4-16(11-14)21-13-15(12-17(21)22)18(23)19-5-6-20-7-9-24-10-8-20/h2-4,11,15H,5-10,12-13H2,1H3,(H,19,23). The van der Waals surface area contributed by atoms with E-state index in [1.807, 2.05) is 31.2 Å². The number of nitrogens with one attached hydrogen (secondary N) is 1. The molecule has 2 aliphatic heterocycles. The maximum Gasteiger partial charge on any atom is 0.227 e. The van der Waals surface area contributed by atoms with Crippen LogP contribution in [-0.2, 0) is 14.3 Å². The molecular weight excluding hydrogens is 306 g/mol. The van der Waals surface area contributed by atoms with E-state index < -0.39 is 0 Å². The molecule has 1 atom stereocenters. The van der Waals surface area contributed by atoms with Gasteiger partial charge < -0.3 is 15.0 Å². The molecule has 24 heavy (non-hydrogen) atoms. The molecule has 2 heterocycles. The summed E-state index contributed by atoms with van der Waals surface area (Å²) in [5, 5.41) is 2.98. The Morgan fingerprint density at radius 2 is 2.12 bits per heavy atom. The molecule has 2 saturated heterocycles. The Labute approximate surface area is 142 Å². The van der Waals surface area contributed by atoms with E-state index in [0.29, 0.717) is 13.1 Å². The van der Waals surface area contributed by atoms with Crippen LogP contribution in [0.25, 0.3) is 0 Å². The molecule has 1 N–H and O–H groups in total. The zero-order chi connectivity index (χ0) is 16.9.